The topological polar surface area (TPSA) is 62.3 Å². The summed E-state index contributed by atoms with van der Waals surface area (Å²) in [6, 6.07) is 8.12. The van der Waals surface area contributed by atoms with E-state index in [1.165, 1.54) is 6.33 Å². The van der Waals surface area contributed by atoms with Crippen molar-refractivity contribution in [3.8, 4) is 0 Å². The van der Waals surface area contributed by atoms with Crippen molar-refractivity contribution in [2.75, 3.05) is 50.5 Å². The molecular weight excluding hydrogens is 361 g/mol. The van der Waals surface area contributed by atoms with Gasteiger partial charge < -0.3 is 15.4 Å². The number of anilines is 2. The first kappa shape index (κ1) is 18.2. The minimum Gasteiger partial charge on any atom is -0.383 e. The summed E-state index contributed by atoms with van der Waals surface area (Å²) in [4.78, 5) is 10.7. The minimum absolute atomic E-state index is 0.154. The molecule has 0 amide bonds. The van der Waals surface area contributed by atoms with Crippen molar-refractivity contribution < 1.29 is 4.74 Å². The van der Waals surface area contributed by atoms with E-state index in [2.05, 4.69) is 31.6 Å². The second-order valence-electron chi connectivity index (χ2n) is 5.74. The number of nitrogens with zero attached hydrogens (tertiary/aromatic N) is 3. The molecule has 1 atom stereocenters. The lowest BCUT2D eigenvalue weighted by Crippen LogP contribution is -2.41. The van der Waals surface area contributed by atoms with E-state index in [0.29, 0.717) is 23.2 Å². The summed E-state index contributed by atoms with van der Waals surface area (Å²) >= 11 is 12.3. The second kappa shape index (κ2) is 8.67. The molecule has 0 radical (unpaired) electrons. The number of nitrogens with one attached hydrogen (secondary N) is 2. The number of hydrogen-bond donors (Lipinski definition) is 2. The van der Waals surface area contributed by atoms with Gasteiger partial charge in [-0.05, 0) is 17.7 Å². The summed E-state index contributed by atoms with van der Waals surface area (Å²) in [6.45, 7) is 3.89. The molecule has 25 heavy (non-hydrogen) atoms. The maximum atomic E-state index is 6.20. The van der Waals surface area contributed by atoms with Crippen LogP contribution in [0.5, 0.6) is 0 Å². The van der Waals surface area contributed by atoms with Crippen molar-refractivity contribution in [1.29, 1.82) is 0 Å². The van der Waals surface area contributed by atoms with Crippen molar-refractivity contribution in [1.82, 2.24) is 14.9 Å². The van der Waals surface area contributed by atoms with Crippen LogP contribution in [0.1, 0.15) is 11.6 Å². The van der Waals surface area contributed by atoms with Gasteiger partial charge in [0.05, 0.1) is 19.3 Å². The van der Waals surface area contributed by atoms with E-state index in [0.717, 1.165) is 36.9 Å². The number of hydrogen-bond acceptors (Lipinski definition) is 6. The molecule has 0 spiro atoms. The molecule has 1 fully saturated rings. The molecule has 1 aromatic heterocycles. The van der Waals surface area contributed by atoms with E-state index in [-0.39, 0.29) is 6.04 Å². The van der Waals surface area contributed by atoms with Gasteiger partial charge in [0, 0.05) is 31.7 Å². The quantitative estimate of drug-likeness (QED) is 0.748. The van der Waals surface area contributed by atoms with Crippen LogP contribution < -0.4 is 10.6 Å². The standard InChI is InChI=1S/C17H21Cl2N5O/c1-20-15-16(19)22-11-23-17(15)21-10-14(24-5-7-25-8-6-24)12-3-2-4-13(18)9-12/h2-4,9,11,14,20H,5-8,10H2,1H3,(H,21,22,23). The fraction of sp³-hybridized carbons (Fsp3) is 0.412. The molecule has 1 aromatic carbocycles. The van der Waals surface area contributed by atoms with Gasteiger partial charge in [0.25, 0.3) is 0 Å². The molecule has 6 nitrogen and oxygen atoms in total. The molecule has 134 valence electrons. The zero-order valence-corrected chi connectivity index (χ0v) is 15.5. The molecule has 1 aliphatic heterocycles. The molecule has 2 heterocycles. The van der Waals surface area contributed by atoms with Crippen LogP contribution >= 0.6 is 23.2 Å². The highest BCUT2D eigenvalue weighted by atomic mass is 35.5. The van der Waals surface area contributed by atoms with E-state index >= 15 is 0 Å². The lowest BCUT2D eigenvalue weighted by Gasteiger charge is -2.35. The zero-order valence-electron chi connectivity index (χ0n) is 14.0. The summed E-state index contributed by atoms with van der Waals surface area (Å²) < 4.78 is 5.49. The van der Waals surface area contributed by atoms with Crippen LogP contribution in [0.25, 0.3) is 0 Å². The molecule has 0 saturated carbocycles. The average molecular weight is 382 g/mol. The van der Waals surface area contributed by atoms with Gasteiger partial charge >= 0.3 is 0 Å². The third kappa shape index (κ3) is 4.52. The summed E-state index contributed by atoms with van der Waals surface area (Å²) in [5.74, 6) is 0.683. The Hall–Kier alpha value is -1.60. The van der Waals surface area contributed by atoms with E-state index < -0.39 is 0 Å². The molecule has 0 aliphatic carbocycles. The fourth-order valence-electron chi connectivity index (χ4n) is 2.97. The Morgan fingerprint density at radius 3 is 2.76 bits per heavy atom. The van der Waals surface area contributed by atoms with E-state index in [4.69, 9.17) is 27.9 Å². The lowest BCUT2D eigenvalue weighted by molar-refractivity contribution is 0.0187. The number of aromatic nitrogens is 2. The number of ether oxygens (including phenoxy) is 1. The summed E-state index contributed by atoms with van der Waals surface area (Å²) in [7, 11) is 1.80. The van der Waals surface area contributed by atoms with Crippen molar-refractivity contribution in [2.45, 2.75) is 6.04 Å². The molecule has 1 aliphatic rings. The van der Waals surface area contributed by atoms with Crippen LogP contribution in [-0.4, -0.2) is 54.8 Å². The number of halogens is 2. The molecule has 2 aromatic rings. The Kier molecular flexibility index (Phi) is 6.31. The highest BCUT2D eigenvalue weighted by Crippen LogP contribution is 2.28. The number of rotatable bonds is 6. The van der Waals surface area contributed by atoms with Crippen LogP contribution in [0, 0.1) is 0 Å². The Bertz CT molecular complexity index is 709. The van der Waals surface area contributed by atoms with Crippen LogP contribution in [-0.2, 0) is 4.74 Å². The Morgan fingerprint density at radius 1 is 1.24 bits per heavy atom. The molecular formula is C17H21Cl2N5O. The van der Waals surface area contributed by atoms with Crippen molar-refractivity contribution in [3.05, 3.63) is 46.3 Å². The van der Waals surface area contributed by atoms with Crippen LogP contribution in [0.4, 0.5) is 11.5 Å². The number of benzene rings is 1. The van der Waals surface area contributed by atoms with Gasteiger partial charge in [0.1, 0.15) is 12.0 Å². The molecule has 8 heteroatoms. The van der Waals surface area contributed by atoms with Gasteiger partial charge in [0.2, 0.25) is 0 Å². The first-order valence-corrected chi connectivity index (χ1v) is 8.94. The normalized spacial score (nSPS) is 16.4. The third-order valence-electron chi connectivity index (χ3n) is 4.23. The molecule has 2 N–H and O–H groups in total. The van der Waals surface area contributed by atoms with Crippen molar-refractivity contribution in [3.63, 3.8) is 0 Å². The van der Waals surface area contributed by atoms with Crippen LogP contribution in [0.3, 0.4) is 0 Å². The average Bonchev–Trinajstić information content (AvgIpc) is 2.63. The van der Waals surface area contributed by atoms with Crippen LogP contribution in [0.2, 0.25) is 10.2 Å². The maximum absolute atomic E-state index is 6.20. The van der Waals surface area contributed by atoms with Gasteiger partial charge in [-0.2, -0.15) is 0 Å². The van der Waals surface area contributed by atoms with Gasteiger partial charge in [-0.3, -0.25) is 4.90 Å². The molecule has 1 saturated heterocycles. The molecule has 0 bridgehead atoms. The lowest BCUT2D eigenvalue weighted by atomic mass is 10.0. The van der Waals surface area contributed by atoms with Gasteiger partial charge in [-0.15, -0.1) is 0 Å². The first-order chi connectivity index (χ1) is 12.2. The van der Waals surface area contributed by atoms with Gasteiger partial charge in [-0.25, -0.2) is 9.97 Å². The Morgan fingerprint density at radius 2 is 2.04 bits per heavy atom. The highest BCUT2D eigenvalue weighted by molar-refractivity contribution is 6.32. The largest absolute Gasteiger partial charge is 0.383 e. The molecule has 1 unspecified atom stereocenters. The molecule has 3 rings (SSSR count). The number of morpholine rings is 1. The summed E-state index contributed by atoms with van der Waals surface area (Å²) in [5, 5.41) is 7.57. The Labute approximate surface area is 157 Å². The van der Waals surface area contributed by atoms with Crippen LogP contribution in [0.15, 0.2) is 30.6 Å². The Balaban J connectivity index is 1.81. The predicted molar refractivity (Wildman–Crippen MR) is 102 cm³/mol. The van der Waals surface area contributed by atoms with E-state index in [9.17, 15) is 0 Å². The maximum Gasteiger partial charge on any atom is 0.157 e. The third-order valence-corrected chi connectivity index (χ3v) is 4.76. The SMILES string of the molecule is CNc1c(Cl)ncnc1NCC(c1cccc(Cl)c1)N1CCOCC1. The van der Waals surface area contributed by atoms with Crippen molar-refractivity contribution in [2.24, 2.45) is 0 Å². The highest BCUT2D eigenvalue weighted by Gasteiger charge is 2.23. The first-order valence-electron chi connectivity index (χ1n) is 8.18. The predicted octanol–water partition coefficient (Wildman–Crippen LogP) is 3.31. The summed E-state index contributed by atoms with van der Waals surface area (Å²) in [6.07, 6.45) is 1.45. The zero-order chi connectivity index (χ0) is 17.6. The monoisotopic (exact) mass is 381 g/mol. The second-order valence-corrected chi connectivity index (χ2v) is 6.53. The van der Waals surface area contributed by atoms with E-state index in [1.54, 1.807) is 7.05 Å². The van der Waals surface area contributed by atoms with Crippen molar-refractivity contribution >= 4 is 34.7 Å². The van der Waals surface area contributed by atoms with Gasteiger partial charge in [-0.1, -0.05) is 35.3 Å². The smallest absolute Gasteiger partial charge is 0.157 e. The fourth-order valence-corrected chi connectivity index (χ4v) is 3.40. The minimum atomic E-state index is 0.154. The van der Waals surface area contributed by atoms with Gasteiger partial charge in [0.15, 0.2) is 11.0 Å². The van der Waals surface area contributed by atoms with E-state index in [1.807, 2.05) is 18.2 Å². The summed E-state index contributed by atoms with van der Waals surface area (Å²) in [5.41, 5.74) is 1.85.